The summed E-state index contributed by atoms with van der Waals surface area (Å²) in [5, 5.41) is 8.51. The van der Waals surface area contributed by atoms with Crippen LogP contribution in [0.2, 0.25) is 0 Å². The second-order valence-electron chi connectivity index (χ2n) is 3.15. The van der Waals surface area contributed by atoms with Gasteiger partial charge in [0.05, 0.1) is 0 Å². The lowest BCUT2D eigenvalue weighted by Gasteiger charge is -2.00. The molecular weight excluding hydrogens is 184 g/mol. The summed E-state index contributed by atoms with van der Waals surface area (Å²) in [6.45, 7) is 3.48. The molecule has 0 aromatic rings. The van der Waals surface area contributed by atoms with Crippen LogP contribution < -0.4 is 0 Å². The van der Waals surface area contributed by atoms with Crippen LogP contribution in [0.5, 0.6) is 0 Å². The molecule has 0 unspecified atom stereocenters. The molecule has 0 rings (SSSR count). The predicted octanol–water partition coefficient (Wildman–Crippen LogP) is 2.90. The average molecular weight is 202 g/mol. The molecule has 0 aliphatic rings. The third-order valence-electron chi connectivity index (χ3n) is 1.94. The Morgan fingerprint density at radius 1 is 1.15 bits per heavy atom. The lowest BCUT2D eigenvalue weighted by atomic mass is 10.1. The van der Waals surface area contributed by atoms with Gasteiger partial charge in [-0.2, -0.15) is 12.6 Å². The maximum absolute atomic E-state index is 10.4. The number of carbonyl (C=O) groups is 1. The number of carboxylic acid groups (broad SMARTS) is 1. The van der Waals surface area contributed by atoms with Gasteiger partial charge in [-0.3, -0.25) is 0 Å². The lowest BCUT2D eigenvalue weighted by Crippen LogP contribution is -1.98. The fourth-order valence-corrected chi connectivity index (χ4v) is 1.31. The Hall–Kier alpha value is -0.440. The van der Waals surface area contributed by atoms with Crippen molar-refractivity contribution in [3.63, 3.8) is 0 Å². The van der Waals surface area contributed by atoms with E-state index in [1.54, 1.807) is 0 Å². The molecule has 0 saturated carbocycles. The highest BCUT2D eigenvalue weighted by atomic mass is 32.1. The monoisotopic (exact) mass is 202 g/mol. The van der Waals surface area contributed by atoms with Crippen molar-refractivity contribution >= 4 is 18.6 Å². The van der Waals surface area contributed by atoms with Crippen molar-refractivity contribution in [2.75, 3.05) is 5.75 Å². The van der Waals surface area contributed by atoms with Gasteiger partial charge in [-0.15, -0.1) is 0 Å². The lowest BCUT2D eigenvalue weighted by molar-refractivity contribution is -0.132. The quantitative estimate of drug-likeness (QED) is 0.361. The minimum Gasteiger partial charge on any atom is -0.478 e. The molecule has 0 spiro atoms. The summed E-state index contributed by atoms with van der Waals surface area (Å²) in [5.74, 6) is 0.0809. The van der Waals surface area contributed by atoms with E-state index in [1.165, 1.54) is 12.8 Å². The van der Waals surface area contributed by atoms with Crippen molar-refractivity contribution in [3.05, 3.63) is 12.2 Å². The van der Waals surface area contributed by atoms with Gasteiger partial charge in [0.2, 0.25) is 0 Å². The van der Waals surface area contributed by atoms with Crippen LogP contribution in [0, 0.1) is 0 Å². The summed E-state index contributed by atoms with van der Waals surface area (Å²) in [6.07, 6.45) is 6.19. The first-order valence-electron chi connectivity index (χ1n) is 4.70. The summed E-state index contributed by atoms with van der Waals surface area (Å²) >= 11 is 4.11. The zero-order chi connectivity index (χ0) is 10.1. The van der Waals surface area contributed by atoms with E-state index in [-0.39, 0.29) is 0 Å². The van der Waals surface area contributed by atoms with Crippen molar-refractivity contribution in [2.24, 2.45) is 0 Å². The van der Waals surface area contributed by atoms with E-state index in [0.717, 1.165) is 25.0 Å². The number of unbranched alkanes of at least 4 members (excludes halogenated alkanes) is 4. The normalized spacial score (nSPS) is 9.92. The molecule has 13 heavy (non-hydrogen) atoms. The molecule has 0 fully saturated rings. The van der Waals surface area contributed by atoms with Crippen LogP contribution in [0.15, 0.2) is 12.2 Å². The standard InChI is InChI=1S/C10H18O2S/c1-9(10(11)12)7-5-3-2-4-6-8-13/h13H,1-8H2,(H,11,12). The third-order valence-corrected chi connectivity index (χ3v) is 2.26. The Morgan fingerprint density at radius 2 is 1.69 bits per heavy atom. The van der Waals surface area contributed by atoms with Gasteiger partial charge < -0.3 is 5.11 Å². The molecule has 0 saturated heterocycles. The molecule has 0 aromatic heterocycles. The zero-order valence-electron chi connectivity index (χ0n) is 7.96. The molecule has 2 nitrogen and oxygen atoms in total. The molecule has 1 N–H and O–H groups in total. The van der Waals surface area contributed by atoms with E-state index in [4.69, 9.17) is 5.11 Å². The van der Waals surface area contributed by atoms with Crippen LogP contribution in [0.1, 0.15) is 38.5 Å². The Bertz CT molecular complexity index is 166. The van der Waals surface area contributed by atoms with Gasteiger partial charge >= 0.3 is 5.97 Å². The second-order valence-corrected chi connectivity index (χ2v) is 3.60. The highest BCUT2D eigenvalue weighted by Crippen LogP contribution is 2.09. The summed E-state index contributed by atoms with van der Waals surface area (Å²) in [7, 11) is 0. The zero-order valence-corrected chi connectivity index (χ0v) is 8.85. The number of thiol groups is 1. The van der Waals surface area contributed by atoms with Crippen molar-refractivity contribution in [1.29, 1.82) is 0 Å². The maximum Gasteiger partial charge on any atom is 0.330 e. The predicted molar refractivity (Wildman–Crippen MR) is 58.3 cm³/mol. The SMILES string of the molecule is C=C(CCCCCCCS)C(=O)O. The van der Waals surface area contributed by atoms with E-state index in [0.29, 0.717) is 12.0 Å². The first-order valence-corrected chi connectivity index (χ1v) is 5.33. The number of aliphatic carboxylic acids is 1. The van der Waals surface area contributed by atoms with Crippen molar-refractivity contribution < 1.29 is 9.90 Å². The third kappa shape index (κ3) is 7.91. The topological polar surface area (TPSA) is 37.3 Å². The van der Waals surface area contributed by atoms with Crippen LogP contribution in [-0.2, 0) is 4.79 Å². The molecule has 0 radical (unpaired) electrons. The first kappa shape index (κ1) is 12.6. The summed E-state index contributed by atoms with van der Waals surface area (Å²) in [4.78, 5) is 10.4. The number of hydrogen-bond donors (Lipinski definition) is 2. The summed E-state index contributed by atoms with van der Waals surface area (Å²) < 4.78 is 0. The van der Waals surface area contributed by atoms with Gasteiger partial charge in [0, 0.05) is 5.57 Å². The molecule has 0 atom stereocenters. The van der Waals surface area contributed by atoms with Crippen LogP contribution in [-0.4, -0.2) is 16.8 Å². The fourth-order valence-electron chi connectivity index (χ4n) is 1.09. The minimum absolute atomic E-state index is 0.328. The van der Waals surface area contributed by atoms with Gasteiger partial charge in [0.15, 0.2) is 0 Å². The minimum atomic E-state index is -0.865. The van der Waals surface area contributed by atoms with Gasteiger partial charge in [0.1, 0.15) is 0 Å². The van der Waals surface area contributed by atoms with E-state index in [1.807, 2.05) is 0 Å². The van der Waals surface area contributed by atoms with E-state index in [9.17, 15) is 4.79 Å². The molecule has 0 aliphatic heterocycles. The van der Waals surface area contributed by atoms with Gasteiger partial charge in [0.25, 0.3) is 0 Å². The molecule has 3 heteroatoms. The summed E-state index contributed by atoms with van der Waals surface area (Å²) in [5.41, 5.74) is 0.328. The highest BCUT2D eigenvalue weighted by molar-refractivity contribution is 7.80. The maximum atomic E-state index is 10.4. The molecule has 0 bridgehead atoms. The number of rotatable bonds is 8. The molecule has 0 amide bonds. The molecule has 76 valence electrons. The Labute approximate surface area is 85.4 Å². The first-order chi connectivity index (χ1) is 6.18. The van der Waals surface area contributed by atoms with Crippen molar-refractivity contribution in [2.45, 2.75) is 38.5 Å². The highest BCUT2D eigenvalue weighted by Gasteiger charge is 2.02. The smallest absolute Gasteiger partial charge is 0.330 e. The second kappa shape index (κ2) is 8.17. The Morgan fingerprint density at radius 3 is 2.23 bits per heavy atom. The van der Waals surface area contributed by atoms with Gasteiger partial charge in [-0.25, -0.2) is 4.79 Å². The molecule has 0 heterocycles. The molecule has 0 aromatic carbocycles. The average Bonchev–Trinajstić information content (AvgIpc) is 2.10. The number of hydrogen-bond acceptors (Lipinski definition) is 2. The van der Waals surface area contributed by atoms with Crippen LogP contribution >= 0.6 is 12.6 Å². The van der Waals surface area contributed by atoms with Gasteiger partial charge in [-0.1, -0.05) is 25.8 Å². The van der Waals surface area contributed by atoms with Crippen LogP contribution in [0.25, 0.3) is 0 Å². The summed E-state index contributed by atoms with van der Waals surface area (Å²) in [6, 6.07) is 0. The van der Waals surface area contributed by atoms with Crippen LogP contribution in [0.4, 0.5) is 0 Å². The Balaban J connectivity index is 3.16. The Kier molecular flexibility index (Phi) is 7.90. The largest absolute Gasteiger partial charge is 0.478 e. The fraction of sp³-hybridized carbons (Fsp3) is 0.700. The van der Waals surface area contributed by atoms with Crippen molar-refractivity contribution in [1.82, 2.24) is 0 Å². The van der Waals surface area contributed by atoms with Crippen molar-refractivity contribution in [3.8, 4) is 0 Å². The molecule has 0 aliphatic carbocycles. The van der Waals surface area contributed by atoms with E-state index >= 15 is 0 Å². The van der Waals surface area contributed by atoms with Gasteiger partial charge in [-0.05, 0) is 25.0 Å². The molecular formula is C10H18O2S. The number of carboxylic acids is 1. The van der Waals surface area contributed by atoms with E-state index < -0.39 is 5.97 Å². The van der Waals surface area contributed by atoms with Crippen LogP contribution in [0.3, 0.4) is 0 Å². The van der Waals surface area contributed by atoms with E-state index in [2.05, 4.69) is 19.2 Å².